The van der Waals surface area contributed by atoms with Gasteiger partial charge < -0.3 is 10.0 Å². The van der Waals surface area contributed by atoms with Crippen LogP contribution in [-0.2, 0) is 16.0 Å². The molecule has 4 heteroatoms. The van der Waals surface area contributed by atoms with Crippen molar-refractivity contribution in [3.8, 4) is 0 Å². The van der Waals surface area contributed by atoms with Gasteiger partial charge in [-0.1, -0.05) is 42.5 Å². The zero-order valence-electron chi connectivity index (χ0n) is 12.7. The van der Waals surface area contributed by atoms with Gasteiger partial charge in [0, 0.05) is 19.4 Å². The molecule has 1 amide bonds. The van der Waals surface area contributed by atoms with Crippen LogP contribution >= 0.6 is 0 Å². The Balaban J connectivity index is 1.72. The highest BCUT2D eigenvalue weighted by atomic mass is 16.4. The quantitative estimate of drug-likeness (QED) is 0.849. The number of hydrogen-bond donors (Lipinski definition) is 1. The molecular formula is C18H21NO3. The molecule has 0 saturated heterocycles. The SMILES string of the molecule is CN(C(=O)C1CC2C=CC1C2)C(Cc1ccccc1)C(=O)O. The van der Waals surface area contributed by atoms with Crippen molar-refractivity contribution in [1.29, 1.82) is 0 Å². The van der Waals surface area contributed by atoms with E-state index in [1.807, 2.05) is 30.3 Å². The predicted octanol–water partition coefficient (Wildman–Crippen LogP) is 2.35. The van der Waals surface area contributed by atoms with E-state index >= 15 is 0 Å². The highest BCUT2D eigenvalue weighted by Crippen LogP contribution is 2.44. The van der Waals surface area contributed by atoms with Gasteiger partial charge in [0.1, 0.15) is 6.04 Å². The molecule has 116 valence electrons. The van der Waals surface area contributed by atoms with Crippen LogP contribution in [0.25, 0.3) is 0 Å². The van der Waals surface area contributed by atoms with E-state index in [4.69, 9.17) is 0 Å². The maximum absolute atomic E-state index is 12.7. The minimum absolute atomic E-state index is 0.0276. The van der Waals surface area contributed by atoms with Crippen LogP contribution in [0.2, 0.25) is 0 Å². The number of likely N-dealkylation sites (N-methyl/N-ethyl adjacent to an activating group) is 1. The fourth-order valence-corrected chi connectivity index (χ4v) is 3.71. The predicted molar refractivity (Wildman–Crippen MR) is 83.2 cm³/mol. The third kappa shape index (κ3) is 2.78. The minimum atomic E-state index is -0.946. The van der Waals surface area contributed by atoms with Gasteiger partial charge in [-0.05, 0) is 30.2 Å². The molecule has 0 radical (unpaired) electrons. The molecule has 22 heavy (non-hydrogen) atoms. The van der Waals surface area contributed by atoms with Gasteiger partial charge in [0.05, 0.1) is 0 Å². The van der Waals surface area contributed by atoms with Gasteiger partial charge in [0.25, 0.3) is 0 Å². The van der Waals surface area contributed by atoms with Crippen LogP contribution in [-0.4, -0.2) is 35.0 Å². The summed E-state index contributed by atoms with van der Waals surface area (Å²) in [5.74, 6) is -0.216. The van der Waals surface area contributed by atoms with Gasteiger partial charge in [-0.2, -0.15) is 0 Å². The number of fused-ring (bicyclic) bond motifs is 2. The Hall–Kier alpha value is -2.10. The van der Waals surface area contributed by atoms with Crippen molar-refractivity contribution in [2.24, 2.45) is 17.8 Å². The molecule has 2 bridgehead atoms. The van der Waals surface area contributed by atoms with Gasteiger partial charge in [-0.15, -0.1) is 0 Å². The second kappa shape index (κ2) is 5.95. The number of aliphatic carboxylic acids is 1. The highest BCUT2D eigenvalue weighted by molar-refractivity contribution is 5.85. The van der Waals surface area contributed by atoms with E-state index in [0.29, 0.717) is 18.3 Å². The standard InChI is InChI=1S/C18H21NO3/c1-19(17(20)15-10-13-7-8-14(15)9-13)16(18(21)22)11-12-5-3-2-4-6-12/h2-8,13-16H,9-11H2,1H3,(H,21,22). The lowest BCUT2D eigenvalue weighted by Gasteiger charge is -2.29. The number of carbonyl (C=O) groups excluding carboxylic acids is 1. The topological polar surface area (TPSA) is 57.6 Å². The molecule has 0 heterocycles. The Morgan fingerprint density at radius 3 is 2.50 bits per heavy atom. The lowest BCUT2D eigenvalue weighted by molar-refractivity contribution is -0.151. The molecule has 0 aromatic heterocycles. The molecular weight excluding hydrogens is 278 g/mol. The first-order valence-electron chi connectivity index (χ1n) is 7.78. The first kappa shape index (κ1) is 14.8. The van der Waals surface area contributed by atoms with E-state index in [1.54, 1.807) is 7.05 Å². The number of carboxylic acids is 1. The molecule has 4 atom stereocenters. The lowest BCUT2D eigenvalue weighted by Crippen LogP contribution is -2.47. The van der Waals surface area contributed by atoms with E-state index in [2.05, 4.69) is 12.2 Å². The first-order chi connectivity index (χ1) is 10.6. The van der Waals surface area contributed by atoms with Gasteiger partial charge in [-0.25, -0.2) is 4.79 Å². The molecule has 1 aromatic rings. The van der Waals surface area contributed by atoms with Gasteiger partial charge in [0.15, 0.2) is 0 Å². The Kier molecular flexibility index (Phi) is 4.01. The summed E-state index contributed by atoms with van der Waals surface area (Å²) in [6, 6.07) is 8.66. The summed E-state index contributed by atoms with van der Waals surface area (Å²) >= 11 is 0. The van der Waals surface area contributed by atoms with Crippen LogP contribution in [0.4, 0.5) is 0 Å². The van der Waals surface area contributed by atoms with Gasteiger partial charge >= 0.3 is 5.97 Å². The van der Waals surface area contributed by atoms with Crippen LogP contribution in [0.1, 0.15) is 18.4 Å². The molecule has 1 N–H and O–H groups in total. The molecule has 1 aromatic carbocycles. The van der Waals surface area contributed by atoms with E-state index in [0.717, 1.165) is 18.4 Å². The summed E-state index contributed by atoms with van der Waals surface area (Å²) in [5.41, 5.74) is 0.933. The molecule has 4 unspecified atom stereocenters. The maximum Gasteiger partial charge on any atom is 0.326 e. The van der Waals surface area contributed by atoms with Crippen molar-refractivity contribution in [3.63, 3.8) is 0 Å². The number of rotatable bonds is 5. The Labute approximate surface area is 130 Å². The second-order valence-corrected chi connectivity index (χ2v) is 6.38. The summed E-state index contributed by atoms with van der Waals surface area (Å²) in [7, 11) is 1.62. The number of hydrogen-bond acceptors (Lipinski definition) is 2. The first-order valence-corrected chi connectivity index (χ1v) is 7.78. The van der Waals surface area contributed by atoms with Crippen molar-refractivity contribution >= 4 is 11.9 Å². The second-order valence-electron chi connectivity index (χ2n) is 6.38. The number of carboxylic acid groups (broad SMARTS) is 1. The number of carbonyl (C=O) groups is 2. The molecule has 1 fully saturated rings. The fourth-order valence-electron chi connectivity index (χ4n) is 3.71. The summed E-state index contributed by atoms with van der Waals surface area (Å²) in [5, 5.41) is 9.52. The van der Waals surface area contributed by atoms with Crippen molar-refractivity contribution in [1.82, 2.24) is 4.90 Å². The Morgan fingerprint density at radius 2 is 1.95 bits per heavy atom. The zero-order chi connectivity index (χ0) is 15.7. The zero-order valence-corrected chi connectivity index (χ0v) is 12.7. The van der Waals surface area contributed by atoms with Crippen molar-refractivity contribution in [2.45, 2.75) is 25.3 Å². The van der Waals surface area contributed by atoms with E-state index in [1.165, 1.54) is 4.90 Å². The van der Waals surface area contributed by atoms with E-state index < -0.39 is 12.0 Å². The van der Waals surface area contributed by atoms with Crippen LogP contribution in [0.3, 0.4) is 0 Å². The largest absolute Gasteiger partial charge is 0.480 e. The van der Waals surface area contributed by atoms with Gasteiger partial charge in [0.2, 0.25) is 5.91 Å². The summed E-state index contributed by atoms with van der Waals surface area (Å²) in [6.07, 6.45) is 6.56. The number of allylic oxidation sites excluding steroid dienone is 2. The minimum Gasteiger partial charge on any atom is -0.480 e. The van der Waals surface area contributed by atoms with Crippen LogP contribution in [0, 0.1) is 17.8 Å². The normalized spacial score (nSPS) is 26.9. The summed E-state index contributed by atoms with van der Waals surface area (Å²) < 4.78 is 0. The molecule has 0 spiro atoms. The third-order valence-electron chi connectivity index (χ3n) is 4.97. The molecule has 3 rings (SSSR count). The highest BCUT2D eigenvalue weighted by Gasteiger charge is 2.42. The number of benzene rings is 1. The van der Waals surface area contributed by atoms with E-state index in [9.17, 15) is 14.7 Å². The number of amides is 1. The maximum atomic E-state index is 12.7. The number of nitrogens with zero attached hydrogens (tertiary/aromatic N) is 1. The van der Waals surface area contributed by atoms with Crippen molar-refractivity contribution in [3.05, 3.63) is 48.0 Å². The smallest absolute Gasteiger partial charge is 0.326 e. The van der Waals surface area contributed by atoms with Crippen LogP contribution in [0.5, 0.6) is 0 Å². The van der Waals surface area contributed by atoms with Gasteiger partial charge in [-0.3, -0.25) is 4.79 Å². The summed E-state index contributed by atoms with van der Waals surface area (Å²) in [4.78, 5) is 25.8. The molecule has 4 nitrogen and oxygen atoms in total. The summed E-state index contributed by atoms with van der Waals surface area (Å²) in [6.45, 7) is 0. The molecule has 1 saturated carbocycles. The molecule has 2 aliphatic carbocycles. The lowest BCUT2D eigenvalue weighted by atomic mass is 9.91. The Bertz CT molecular complexity index is 596. The van der Waals surface area contributed by atoms with Crippen molar-refractivity contribution in [2.75, 3.05) is 7.05 Å². The average Bonchev–Trinajstić information content (AvgIpc) is 3.15. The monoisotopic (exact) mass is 299 g/mol. The fraction of sp³-hybridized carbons (Fsp3) is 0.444. The Morgan fingerprint density at radius 1 is 1.23 bits per heavy atom. The van der Waals surface area contributed by atoms with Crippen LogP contribution < -0.4 is 0 Å². The third-order valence-corrected chi connectivity index (χ3v) is 4.97. The van der Waals surface area contributed by atoms with Crippen molar-refractivity contribution < 1.29 is 14.7 Å². The average molecular weight is 299 g/mol. The van der Waals surface area contributed by atoms with E-state index in [-0.39, 0.29) is 11.8 Å². The van der Waals surface area contributed by atoms with Crippen LogP contribution in [0.15, 0.2) is 42.5 Å². The molecule has 2 aliphatic rings. The molecule has 0 aliphatic heterocycles.